The Labute approximate surface area is 134 Å². The second-order valence-electron chi connectivity index (χ2n) is 5.47. The molecule has 1 aromatic rings. The molecule has 1 saturated carbocycles. The smallest absolute Gasteiger partial charge is 0.253 e. The minimum absolute atomic E-state index is 0.133. The predicted octanol–water partition coefficient (Wildman–Crippen LogP) is 3.50. The molecule has 1 aliphatic rings. The number of rotatable bonds is 6. The molecule has 21 heavy (non-hydrogen) atoms. The summed E-state index contributed by atoms with van der Waals surface area (Å²) in [6.07, 6.45) is 7.52. The summed E-state index contributed by atoms with van der Waals surface area (Å²) in [6.45, 7) is 1.32. The molecule has 1 fully saturated rings. The zero-order chi connectivity index (χ0) is 15.1. The van der Waals surface area contributed by atoms with Gasteiger partial charge in [0.25, 0.3) is 5.91 Å². The van der Waals surface area contributed by atoms with Crippen LogP contribution in [0.15, 0.2) is 22.7 Å². The maximum atomic E-state index is 12.0. The van der Waals surface area contributed by atoms with E-state index < -0.39 is 0 Å². The molecule has 0 unspecified atom stereocenters. The lowest BCUT2D eigenvalue weighted by atomic mass is 9.98. The first kappa shape index (κ1) is 16.3. The second kappa shape index (κ2) is 8.39. The molecule has 0 aromatic heterocycles. The van der Waals surface area contributed by atoms with Crippen molar-refractivity contribution in [2.24, 2.45) is 0 Å². The van der Waals surface area contributed by atoms with Gasteiger partial charge in [-0.3, -0.25) is 4.79 Å². The quantitative estimate of drug-likeness (QED) is 0.606. The van der Waals surface area contributed by atoms with Crippen LogP contribution in [0.4, 0.5) is 5.69 Å². The SMILES string of the molecule is Nc1ccc(Br)cc1C(=O)NCCCOC1CCCCC1. The molecule has 0 saturated heterocycles. The lowest BCUT2D eigenvalue weighted by molar-refractivity contribution is 0.0273. The van der Waals surface area contributed by atoms with Gasteiger partial charge in [-0.15, -0.1) is 0 Å². The highest BCUT2D eigenvalue weighted by Gasteiger charge is 2.13. The summed E-state index contributed by atoms with van der Waals surface area (Å²) in [7, 11) is 0. The molecule has 0 spiro atoms. The number of carbonyl (C=O) groups is 1. The van der Waals surface area contributed by atoms with Gasteiger partial charge >= 0.3 is 0 Å². The number of hydrogen-bond donors (Lipinski definition) is 2. The molecule has 0 aliphatic heterocycles. The van der Waals surface area contributed by atoms with Crippen LogP contribution in [-0.4, -0.2) is 25.2 Å². The Morgan fingerprint density at radius 1 is 1.33 bits per heavy atom. The molecular weight excluding hydrogens is 332 g/mol. The topological polar surface area (TPSA) is 64.4 Å². The predicted molar refractivity (Wildman–Crippen MR) is 88.3 cm³/mol. The highest BCUT2D eigenvalue weighted by atomic mass is 79.9. The third-order valence-corrected chi connectivity index (χ3v) is 4.27. The van der Waals surface area contributed by atoms with Gasteiger partial charge in [-0.1, -0.05) is 35.2 Å². The van der Waals surface area contributed by atoms with E-state index in [2.05, 4.69) is 21.2 Å². The van der Waals surface area contributed by atoms with Crippen molar-refractivity contribution in [3.63, 3.8) is 0 Å². The van der Waals surface area contributed by atoms with E-state index in [4.69, 9.17) is 10.5 Å². The van der Waals surface area contributed by atoms with Gasteiger partial charge in [0.05, 0.1) is 11.7 Å². The number of anilines is 1. The molecule has 0 radical (unpaired) electrons. The Balaban J connectivity index is 1.66. The van der Waals surface area contributed by atoms with E-state index in [0.29, 0.717) is 30.5 Å². The fourth-order valence-corrected chi connectivity index (χ4v) is 2.94. The number of halogens is 1. The molecule has 0 atom stereocenters. The third kappa shape index (κ3) is 5.32. The molecule has 116 valence electrons. The molecule has 4 nitrogen and oxygen atoms in total. The number of carbonyl (C=O) groups excluding carboxylic acids is 1. The zero-order valence-electron chi connectivity index (χ0n) is 12.2. The minimum atomic E-state index is -0.133. The van der Waals surface area contributed by atoms with E-state index in [1.54, 1.807) is 12.1 Å². The van der Waals surface area contributed by atoms with Crippen molar-refractivity contribution in [1.29, 1.82) is 0 Å². The van der Waals surface area contributed by atoms with Crippen LogP contribution in [0.1, 0.15) is 48.9 Å². The molecule has 0 bridgehead atoms. The number of nitrogen functional groups attached to an aromatic ring is 1. The van der Waals surface area contributed by atoms with Crippen LogP contribution in [0, 0.1) is 0 Å². The normalized spacial score (nSPS) is 15.9. The van der Waals surface area contributed by atoms with Crippen LogP contribution < -0.4 is 11.1 Å². The summed E-state index contributed by atoms with van der Waals surface area (Å²) < 4.78 is 6.68. The van der Waals surface area contributed by atoms with Crippen LogP contribution >= 0.6 is 15.9 Å². The fourth-order valence-electron chi connectivity index (χ4n) is 2.58. The Morgan fingerprint density at radius 3 is 2.86 bits per heavy atom. The molecule has 0 heterocycles. The van der Waals surface area contributed by atoms with Gasteiger partial charge in [-0.25, -0.2) is 0 Å². The van der Waals surface area contributed by atoms with E-state index in [9.17, 15) is 4.79 Å². The zero-order valence-corrected chi connectivity index (χ0v) is 13.8. The van der Waals surface area contributed by atoms with E-state index in [-0.39, 0.29) is 5.91 Å². The number of nitrogens with one attached hydrogen (secondary N) is 1. The largest absolute Gasteiger partial charge is 0.398 e. The van der Waals surface area contributed by atoms with Crippen LogP contribution in [-0.2, 0) is 4.74 Å². The summed E-state index contributed by atoms with van der Waals surface area (Å²) in [4.78, 5) is 12.0. The molecule has 5 heteroatoms. The standard InChI is InChI=1S/C16H23BrN2O2/c17-12-7-8-15(18)14(11-12)16(20)19-9-4-10-21-13-5-2-1-3-6-13/h7-8,11,13H,1-6,9-10,18H2,(H,19,20). The first-order chi connectivity index (χ1) is 10.2. The van der Waals surface area contributed by atoms with E-state index >= 15 is 0 Å². The van der Waals surface area contributed by atoms with Crippen molar-refractivity contribution < 1.29 is 9.53 Å². The van der Waals surface area contributed by atoms with Gasteiger partial charge in [0.2, 0.25) is 0 Å². The Kier molecular flexibility index (Phi) is 6.51. The molecule has 1 aliphatic carbocycles. The number of ether oxygens (including phenoxy) is 1. The molecule has 2 rings (SSSR count). The second-order valence-corrected chi connectivity index (χ2v) is 6.39. The molecule has 1 aromatic carbocycles. The Hall–Kier alpha value is -1.07. The van der Waals surface area contributed by atoms with Gasteiger partial charge in [0.1, 0.15) is 0 Å². The lowest BCUT2D eigenvalue weighted by Crippen LogP contribution is -2.27. The van der Waals surface area contributed by atoms with Crippen LogP contribution in [0.2, 0.25) is 0 Å². The van der Waals surface area contributed by atoms with Gasteiger partial charge in [0.15, 0.2) is 0 Å². The van der Waals surface area contributed by atoms with Crippen molar-refractivity contribution in [3.05, 3.63) is 28.2 Å². The summed E-state index contributed by atoms with van der Waals surface area (Å²) >= 11 is 3.35. The summed E-state index contributed by atoms with van der Waals surface area (Å²) in [5, 5.41) is 2.88. The first-order valence-electron chi connectivity index (χ1n) is 7.61. The highest BCUT2D eigenvalue weighted by molar-refractivity contribution is 9.10. The van der Waals surface area contributed by atoms with E-state index in [1.807, 2.05) is 6.07 Å². The van der Waals surface area contributed by atoms with E-state index in [1.165, 1.54) is 32.1 Å². The summed E-state index contributed by atoms with van der Waals surface area (Å²) in [5.74, 6) is -0.133. The molecule has 1 amide bonds. The van der Waals surface area contributed by atoms with Crippen molar-refractivity contribution >= 4 is 27.5 Å². The average molecular weight is 355 g/mol. The third-order valence-electron chi connectivity index (χ3n) is 3.77. The minimum Gasteiger partial charge on any atom is -0.398 e. The van der Waals surface area contributed by atoms with Crippen molar-refractivity contribution in [2.45, 2.75) is 44.6 Å². The van der Waals surface area contributed by atoms with Gasteiger partial charge in [-0.05, 0) is 37.5 Å². The number of nitrogens with two attached hydrogens (primary N) is 1. The summed E-state index contributed by atoms with van der Waals surface area (Å²) in [6, 6.07) is 5.29. The Morgan fingerprint density at radius 2 is 2.10 bits per heavy atom. The van der Waals surface area contributed by atoms with Gasteiger partial charge < -0.3 is 15.8 Å². The van der Waals surface area contributed by atoms with Crippen molar-refractivity contribution in [3.8, 4) is 0 Å². The maximum Gasteiger partial charge on any atom is 0.253 e. The van der Waals surface area contributed by atoms with Crippen LogP contribution in [0.5, 0.6) is 0 Å². The number of hydrogen-bond acceptors (Lipinski definition) is 3. The average Bonchev–Trinajstić information content (AvgIpc) is 2.50. The Bertz CT molecular complexity index is 473. The van der Waals surface area contributed by atoms with Gasteiger partial charge in [-0.2, -0.15) is 0 Å². The number of benzene rings is 1. The first-order valence-corrected chi connectivity index (χ1v) is 8.41. The van der Waals surface area contributed by atoms with Crippen molar-refractivity contribution in [1.82, 2.24) is 5.32 Å². The summed E-state index contributed by atoms with van der Waals surface area (Å²) in [5.41, 5.74) is 6.82. The highest BCUT2D eigenvalue weighted by Crippen LogP contribution is 2.20. The van der Waals surface area contributed by atoms with Gasteiger partial charge in [0, 0.05) is 23.3 Å². The van der Waals surface area contributed by atoms with Crippen LogP contribution in [0.3, 0.4) is 0 Å². The lowest BCUT2D eigenvalue weighted by Gasteiger charge is -2.21. The number of amides is 1. The van der Waals surface area contributed by atoms with E-state index in [0.717, 1.165) is 10.9 Å². The molecule has 3 N–H and O–H groups in total. The monoisotopic (exact) mass is 354 g/mol. The van der Waals surface area contributed by atoms with Crippen molar-refractivity contribution in [2.75, 3.05) is 18.9 Å². The fraction of sp³-hybridized carbons (Fsp3) is 0.562. The van der Waals surface area contributed by atoms with Crippen LogP contribution in [0.25, 0.3) is 0 Å². The molecular formula is C16H23BrN2O2. The maximum absolute atomic E-state index is 12.0.